The lowest BCUT2D eigenvalue weighted by Crippen LogP contribution is -2.58. The van der Waals surface area contributed by atoms with Crippen LogP contribution in [-0.2, 0) is 9.53 Å². The highest BCUT2D eigenvalue weighted by molar-refractivity contribution is 5.66. The summed E-state index contributed by atoms with van der Waals surface area (Å²) < 4.78 is 5.91. The fourth-order valence-corrected chi connectivity index (χ4v) is 11.6. The van der Waals surface area contributed by atoms with E-state index in [1.54, 1.807) is 6.92 Å². The Hall–Kier alpha value is -0.790. The van der Waals surface area contributed by atoms with Crippen LogP contribution in [-0.4, -0.2) is 12.1 Å². The monoisotopic (exact) mass is 482 g/mol. The fourth-order valence-electron chi connectivity index (χ4n) is 11.6. The number of ether oxygens (including phenoxy) is 1. The summed E-state index contributed by atoms with van der Waals surface area (Å²) in [4.78, 5) is 11.9. The van der Waals surface area contributed by atoms with Crippen molar-refractivity contribution in [3.8, 4) is 0 Å². The van der Waals surface area contributed by atoms with Gasteiger partial charge >= 0.3 is 5.97 Å². The molecule has 0 radical (unpaired) electrons. The fraction of sp³-hybridized carbons (Fsp3) is 0.909. The van der Waals surface area contributed by atoms with Gasteiger partial charge in [0.1, 0.15) is 6.10 Å². The minimum atomic E-state index is -0.0951. The van der Waals surface area contributed by atoms with Crippen molar-refractivity contribution in [1.82, 2.24) is 0 Å². The van der Waals surface area contributed by atoms with Gasteiger partial charge in [-0.1, -0.05) is 60.6 Å². The lowest BCUT2D eigenvalue weighted by Gasteiger charge is -2.63. The van der Waals surface area contributed by atoms with E-state index in [0.717, 1.165) is 30.1 Å². The molecule has 35 heavy (non-hydrogen) atoms. The third-order valence-corrected chi connectivity index (χ3v) is 13.8. The van der Waals surface area contributed by atoms with Gasteiger partial charge in [-0.25, -0.2) is 0 Å². The van der Waals surface area contributed by atoms with Crippen molar-refractivity contribution in [2.45, 2.75) is 132 Å². The smallest absolute Gasteiger partial charge is 0.302 e. The molecule has 0 bridgehead atoms. The Balaban J connectivity index is 1.37. The first kappa shape index (κ1) is 25.8. The SMILES string of the molecule is C=C(CC[C@@H](C)[C@H]1CC[C@@]2(C)C3CC[C@H]4C(C)(C)[C@@H](OC(C)=O)CCC45C[C@@]35CCC12C)C(C)C. The second kappa shape index (κ2) is 8.10. The first-order valence-electron chi connectivity index (χ1n) is 15.1. The number of carbonyl (C=O) groups is 1. The quantitative estimate of drug-likeness (QED) is 0.279. The van der Waals surface area contributed by atoms with Crippen LogP contribution in [0.3, 0.4) is 0 Å². The van der Waals surface area contributed by atoms with Crippen molar-refractivity contribution in [3.05, 3.63) is 12.2 Å². The van der Waals surface area contributed by atoms with Crippen LogP contribution in [0.4, 0.5) is 0 Å². The lowest BCUT2D eigenvalue weighted by atomic mass is 9.41. The van der Waals surface area contributed by atoms with E-state index in [1.165, 1.54) is 69.8 Å². The molecular weight excluding hydrogens is 428 g/mol. The number of hydrogen-bond donors (Lipinski definition) is 0. The van der Waals surface area contributed by atoms with E-state index < -0.39 is 0 Å². The van der Waals surface area contributed by atoms with Crippen LogP contribution in [0.2, 0.25) is 0 Å². The van der Waals surface area contributed by atoms with E-state index in [4.69, 9.17) is 4.74 Å². The molecule has 0 saturated heterocycles. The molecule has 0 amide bonds. The molecule has 0 aromatic rings. The minimum Gasteiger partial charge on any atom is -0.462 e. The molecule has 3 unspecified atom stereocenters. The van der Waals surface area contributed by atoms with E-state index >= 15 is 0 Å². The maximum atomic E-state index is 11.9. The van der Waals surface area contributed by atoms with Crippen molar-refractivity contribution in [2.75, 3.05) is 0 Å². The summed E-state index contributed by atoms with van der Waals surface area (Å²) >= 11 is 0. The molecular formula is C33H54O2. The molecule has 5 rings (SSSR count). The van der Waals surface area contributed by atoms with Crippen molar-refractivity contribution >= 4 is 5.97 Å². The Labute approximate surface area is 216 Å². The summed E-state index contributed by atoms with van der Waals surface area (Å²) in [5, 5.41) is 0. The van der Waals surface area contributed by atoms with Crippen LogP contribution >= 0.6 is 0 Å². The van der Waals surface area contributed by atoms with Gasteiger partial charge in [0.2, 0.25) is 0 Å². The average Bonchev–Trinajstić information content (AvgIpc) is 3.36. The highest BCUT2D eigenvalue weighted by Crippen LogP contribution is 2.89. The summed E-state index contributed by atoms with van der Waals surface area (Å²) in [5.74, 6) is 3.80. The van der Waals surface area contributed by atoms with Crippen molar-refractivity contribution in [3.63, 3.8) is 0 Å². The van der Waals surface area contributed by atoms with Crippen LogP contribution in [0, 0.1) is 56.7 Å². The van der Waals surface area contributed by atoms with Crippen molar-refractivity contribution < 1.29 is 9.53 Å². The van der Waals surface area contributed by atoms with Crippen LogP contribution in [0.25, 0.3) is 0 Å². The van der Waals surface area contributed by atoms with Crippen LogP contribution in [0.5, 0.6) is 0 Å². The zero-order valence-electron chi connectivity index (χ0n) is 24.3. The van der Waals surface area contributed by atoms with Crippen LogP contribution < -0.4 is 0 Å². The first-order chi connectivity index (χ1) is 16.3. The molecule has 2 heteroatoms. The molecule has 5 saturated carbocycles. The second-order valence-electron chi connectivity index (χ2n) is 15.4. The summed E-state index contributed by atoms with van der Waals surface area (Å²) in [5.41, 5.74) is 3.63. The topological polar surface area (TPSA) is 26.3 Å². The number of rotatable bonds is 6. The molecule has 2 spiro atoms. The molecule has 0 aliphatic heterocycles. The Morgan fingerprint density at radius 1 is 0.886 bits per heavy atom. The van der Waals surface area contributed by atoms with Gasteiger partial charge in [-0.15, -0.1) is 0 Å². The van der Waals surface area contributed by atoms with E-state index in [-0.39, 0.29) is 17.5 Å². The molecule has 5 aliphatic rings. The van der Waals surface area contributed by atoms with Crippen molar-refractivity contribution in [1.29, 1.82) is 0 Å². The maximum absolute atomic E-state index is 11.9. The third kappa shape index (κ3) is 3.35. The van der Waals surface area contributed by atoms with E-state index in [2.05, 4.69) is 55.0 Å². The van der Waals surface area contributed by atoms with Gasteiger partial charge in [0.25, 0.3) is 0 Å². The molecule has 0 aromatic heterocycles. The molecule has 0 aromatic carbocycles. The molecule has 198 valence electrons. The Kier molecular flexibility index (Phi) is 5.98. The molecule has 2 nitrogen and oxygen atoms in total. The van der Waals surface area contributed by atoms with Gasteiger partial charge in [0.15, 0.2) is 0 Å². The Bertz CT molecular complexity index is 886. The highest BCUT2D eigenvalue weighted by atomic mass is 16.5. The predicted molar refractivity (Wildman–Crippen MR) is 145 cm³/mol. The number of carbonyl (C=O) groups excluding carboxylic acids is 1. The summed E-state index contributed by atoms with van der Waals surface area (Å²) in [6, 6.07) is 0. The molecule has 5 aliphatic carbocycles. The predicted octanol–water partition coefficient (Wildman–Crippen LogP) is 8.99. The minimum absolute atomic E-state index is 0.0951. The first-order valence-corrected chi connectivity index (χ1v) is 15.1. The number of esters is 1. The number of fused-ring (bicyclic) bond motifs is 2. The normalized spacial score (nSPS) is 48.3. The summed E-state index contributed by atoms with van der Waals surface area (Å²) in [6.45, 7) is 23.4. The van der Waals surface area contributed by atoms with E-state index in [9.17, 15) is 4.79 Å². The number of hydrogen-bond acceptors (Lipinski definition) is 2. The summed E-state index contributed by atoms with van der Waals surface area (Å²) in [7, 11) is 0. The van der Waals surface area contributed by atoms with Crippen LogP contribution in [0.1, 0.15) is 126 Å². The highest BCUT2D eigenvalue weighted by Gasteiger charge is 2.82. The standard InChI is InChI=1S/C33H54O2/c1-21(2)22(3)10-11-23(4)25-14-16-31(9)27-13-12-26-29(6,7)28(35-24(5)34)15-17-32(26)20-33(27,32)19-18-30(25,31)8/h21,23,25-28H,3,10-20H2,1-2,4-9H3/t23-,25-,26+,27?,28+,30?,31+,32?,33+/m1/s1. The number of allylic oxidation sites excluding steroid dienone is 1. The zero-order valence-corrected chi connectivity index (χ0v) is 24.3. The Morgan fingerprint density at radius 2 is 1.54 bits per heavy atom. The van der Waals surface area contributed by atoms with Gasteiger partial charge in [-0.3, -0.25) is 4.79 Å². The zero-order chi connectivity index (χ0) is 25.6. The molecule has 5 fully saturated rings. The molecule has 0 N–H and O–H groups in total. The molecule has 9 atom stereocenters. The van der Waals surface area contributed by atoms with Gasteiger partial charge < -0.3 is 4.74 Å². The van der Waals surface area contributed by atoms with E-state index in [0.29, 0.717) is 27.6 Å². The second-order valence-corrected chi connectivity index (χ2v) is 15.4. The van der Waals surface area contributed by atoms with Gasteiger partial charge in [0, 0.05) is 12.3 Å². The van der Waals surface area contributed by atoms with Gasteiger partial charge in [-0.2, -0.15) is 0 Å². The van der Waals surface area contributed by atoms with Crippen LogP contribution in [0.15, 0.2) is 12.2 Å². The lowest BCUT2D eigenvalue weighted by molar-refractivity contribution is -0.181. The summed E-state index contributed by atoms with van der Waals surface area (Å²) in [6.07, 6.45) is 15.0. The van der Waals surface area contributed by atoms with Gasteiger partial charge in [0.05, 0.1) is 0 Å². The van der Waals surface area contributed by atoms with E-state index in [1.807, 2.05) is 0 Å². The maximum Gasteiger partial charge on any atom is 0.302 e. The third-order valence-electron chi connectivity index (χ3n) is 13.8. The van der Waals surface area contributed by atoms with Crippen molar-refractivity contribution in [2.24, 2.45) is 56.7 Å². The van der Waals surface area contributed by atoms with Gasteiger partial charge in [-0.05, 0) is 122 Å². The molecule has 0 heterocycles. The average molecular weight is 483 g/mol. The largest absolute Gasteiger partial charge is 0.462 e. The Morgan fingerprint density at radius 3 is 2.20 bits per heavy atom.